The Kier molecular flexibility index (Phi) is 0.837. The number of thiol groups is 1. The molecule has 2 nitrogen and oxygen atoms in total. The van der Waals surface area contributed by atoms with Crippen LogP contribution < -0.4 is 0 Å². The third-order valence-electron chi connectivity index (χ3n) is 0.443. The van der Waals surface area contributed by atoms with Crippen LogP contribution in [0.4, 0.5) is 0 Å². The van der Waals surface area contributed by atoms with E-state index in [9.17, 15) is 0 Å². The van der Waals surface area contributed by atoms with E-state index in [1.807, 2.05) is 0 Å². The average molecular weight is 99.1 g/mol. The zero-order chi connectivity index (χ0) is 4.41. The van der Waals surface area contributed by atoms with Crippen molar-refractivity contribution in [3.63, 3.8) is 0 Å². The van der Waals surface area contributed by atoms with Crippen molar-refractivity contribution in [2.75, 3.05) is 0 Å². The number of rotatable bonds is 0. The minimum atomic E-state index is 1.46. The topological polar surface area (TPSA) is 17.8 Å². The van der Waals surface area contributed by atoms with Crippen LogP contribution in [0.2, 0.25) is 0 Å². The minimum absolute atomic E-state index is 1.46. The van der Waals surface area contributed by atoms with Gasteiger partial charge in [-0.15, -0.1) is 0 Å². The highest BCUT2D eigenvalue weighted by atomic mass is 32.1. The molecular formula is C3H3N2S. The molecule has 0 aliphatic heterocycles. The molecule has 1 aromatic rings. The van der Waals surface area contributed by atoms with Crippen molar-refractivity contribution in [1.29, 1.82) is 0 Å². The lowest BCUT2D eigenvalue weighted by Gasteiger charge is -1.73. The molecular weight excluding hydrogens is 96.1 g/mol. The van der Waals surface area contributed by atoms with Crippen molar-refractivity contribution in [1.82, 2.24) is 8.96 Å². The summed E-state index contributed by atoms with van der Waals surface area (Å²) in [7, 11) is 0. The standard InChI is InChI=1S/C3H3N2S/c6-5-2-1-4-3-5/h1-2,6H. The van der Waals surface area contributed by atoms with Gasteiger partial charge >= 0.3 is 0 Å². The fourth-order valence-corrected chi connectivity index (χ4v) is 0.334. The Bertz CT molecular complexity index is 112. The lowest BCUT2D eigenvalue weighted by molar-refractivity contribution is 1.22. The van der Waals surface area contributed by atoms with Crippen LogP contribution in [0.15, 0.2) is 12.4 Å². The zero-order valence-electron chi connectivity index (χ0n) is 3.00. The Balaban J connectivity index is 3.05. The van der Waals surface area contributed by atoms with Crippen LogP contribution in [-0.2, 0) is 0 Å². The zero-order valence-corrected chi connectivity index (χ0v) is 3.89. The van der Waals surface area contributed by atoms with Crippen molar-refractivity contribution < 1.29 is 0 Å². The molecule has 6 heavy (non-hydrogen) atoms. The van der Waals surface area contributed by atoms with Gasteiger partial charge in [0, 0.05) is 12.4 Å². The Labute approximate surface area is 41.4 Å². The number of imidazole rings is 1. The number of nitrogens with zero attached hydrogens (tertiary/aromatic N) is 2. The number of hydrogen-bond donors (Lipinski definition) is 1. The molecule has 0 aliphatic carbocycles. The van der Waals surface area contributed by atoms with E-state index in [1.54, 1.807) is 12.4 Å². The van der Waals surface area contributed by atoms with Crippen LogP contribution in [0, 0.1) is 6.33 Å². The van der Waals surface area contributed by atoms with Gasteiger partial charge in [0.15, 0.2) is 6.33 Å². The van der Waals surface area contributed by atoms with Crippen LogP contribution in [0.3, 0.4) is 0 Å². The third-order valence-corrected chi connectivity index (χ3v) is 0.665. The molecule has 0 amide bonds. The van der Waals surface area contributed by atoms with Gasteiger partial charge in [-0.3, -0.25) is 3.97 Å². The Morgan fingerprint density at radius 3 is 2.83 bits per heavy atom. The Hall–Kier alpha value is -0.440. The first kappa shape index (κ1) is 3.74. The fraction of sp³-hybridized carbons (Fsp3) is 0. The molecule has 0 aliphatic rings. The second kappa shape index (κ2) is 1.34. The van der Waals surface area contributed by atoms with Crippen LogP contribution in [-0.4, -0.2) is 8.96 Å². The molecule has 0 atom stereocenters. The molecule has 0 unspecified atom stereocenters. The molecule has 1 radical (unpaired) electrons. The molecule has 0 bridgehead atoms. The van der Waals surface area contributed by atoms with Crippen molar-refractivity contribution in [3.8, 4) is 0 Å². The summed E-state index contributed by atoms with van der Waals surface area (Å²) in [5.41, 5.74) is 0. The largest absolute Gasteiger partial charge is 0.274 e. The first-order chi connectivity index (χ1) is 2.89. The summed E-state index contributed by atoms with van der Waals surface area (Å²) in [5.74, 6) is 0. The smallest absolute Gasteiger partial charge is 0.187 e. The summed E-state index contributed by atoms with van der Waals surface area (Å²) in [4.78, 5) is 3.58. The van der Waals surface area contributed by atoms with E-state index in [2.05, 4.69) is 24.1 Å². The summed E-state index contributed by atoms with van der Waals surface area (Å²) in [6, 6.07) is 0. The van der Waals surface area contributed by atoms with Gasteiger partial charge in [0.2, 0.25) is 0 Å². The van der Waals surface area contributed by atoms with E-state index < -0.39 is 0 Å². The Morgan fingerprint density at radius 2 is 2.67 bits per heavy atom. The van der Waals surface area contributed by atoms with Gasteiger partial charge < -0.3 is 0 Å². The predicted molar refractivity (Wildman–Crippen MR) is 25.4 cm³/mol. The van der Waals surface area contributed by atoms with Crippen LogP contribution in [0.25, 0.3) is 0 Å². The van der Waals surface area contributed by atoms with Gasteiger partial charge in [-0.05, 0) is 0 Å². The molecule has 0 spiro atoms. The van der Waals surface area contributed by atoms with E-state index in [0.717, 1.165) is 0 Å². The van der Waals surface area contributed by atoms with Crippen molar-refractivity contribution in [2.24, 2.45) is 0 Å². The molecule has 1 heterocycles. The first-order valence-electron chi connectivity index (χ1n) is 1.50. The van der Waals surface area contributed by atoms with Gasteiger partial charge in [-0.25, -0.2) is 4.98 Å². The van der Waals surface area contributed by atoms with Gasteiger partial charge in [-0.2, -0.15) is 0 Å². The maximum absolute atomic E-state index is 3.83. The Morgan fingerprint density at radius 1 is 1.83 bits per heavy atom. The molecule has 3 heteroatoms. The average Bonchev–Trinajstić information content (AvgIpc) is 1.86. The molecule has 0 saturated carbocycles. The minimum Gasteiger partial charge on any atom is -0.274 e. The SMILES string of the molecule is Sn1[c]ncc1. The highest BCUT2D eigenvalue weighted by Crippen LogP contribution is 1.81. The van der Waals surface area contributed by atoms with Crippen LogP contribution in [0.5, 0.6) is 0 Å². The van der Waals surface area contributed by atoms with E-state index in [-0.39, 0.29) is 0 Å². The maximum Gasteiger partial charge on any atom is 0.187 e. The lowest BCUT2D eigenvalue weighted by Crippen LogP contribution is -1.66. The molecule has 0 saturated heterocycles. The number of aromatic nitrogens is 2. The van der Waals surface area contributed by atoms with Gasteiger partial charge in [-0.1, -0.05) is 12.8 Å². The van der Waals surface area contributed by atoms with E-state index >= 15 is 0 Å². The first-order valence-corrected chi connectivity index (χ1v) is 1.90. The normalized spacial score (nSPS) is 8.83. The van der Waals surface area contributed by atoms with E-state index in [0.29, 0.717) is 0 Å². The summed E-state index contributed by atoms with van der Waals surface area (Å²) >= 11 is 3.83. The molecule has 1 rings (SSSR count). The lowest BCUT2D eigenvalue weighted by atomic mass is 11.0. The molecule has 31 valence electrons. The highest BCUT2D eigenvalue weighted by Gasteiger charge is 1.72. The molecule has 0 fully saturated rings. The second-order valence-corrected chi connectivity index (χ2v) is 1.30. The third kappa shape index (κ3) is 0.542. The fourth-order valence-electron chi connectivity index (χ4n) is 0.222. The quantitative estimate of drug-likeness (QED) is 0.465. The molecule has 0 N–H and O–H groups in total. The van der Waals surface area contributed by atoms with Crippen molar-refractivity contribution in [2.45, 2.75) is 0 Å². The van der Waals surface area contributed by atoms with Crippen LogP contribution in [0.1, 0.15) is 0 Å². The van der Waals surface area contributed by atoms with E-state index in [1.165, 1.54) is 3.97 Å². The molecule has 1 aromatic heterocycles. The summed E-state index contributed by atoms with van der Waals surface area (Å²) in [6.45, 7) is 0. The van der Waals surface area contributed by atoms with E-state index in [4.69, 9.17) is 0 Å². The van der Waals surface area contributed by atoms with Gasteiger partial charge in [0.1, 0.15) is 0 Å². The molecule has 0 aromatic carbocycles. The maximum atomic E-state index is 3.83. The van der Waals surface area contributed by atoms with Gasteiger partial charge in [0.25, 0.3) is 0 Å². The van der Waals surface area contributed by atoms with Crippen molar-refractivity contribution >= 4 is 12.8 Å². The van der Waals surface area contributed by atoms with Crippen molar-refractivity contribution in [3.05, 3.63) is 18.7 Å². The highest BCUT2D eigenvalue weighted by molar-refractivity contribution is 7.78. The predicted octanol–water partition coefficient (Wildman–Crippen LogP) is 0.376. The summed E-state index contributed by atoms with van der Waals surface area (Å²) in [6.07, 6.45) is 5.85. The summed E-state index contributed by atoms with van der Waals surface area (Å²) in [5, 5.41) is 0. The monoisotopic (exact) mass is 99.0 g/mol. The second-order valence-electron chi connectivity index (χ2n) is 0.872. The van der Waals surface area contributed by atoms with Crippen LogP contribution >= 0.6 is 12.8 Å². The summed E-state index contributed by atoms with van der Waals surface area (Å²) < 4.78 is 1.46. The van der Waals surface area contributed by atoms with Gasteiger partial charge in [0.05, 0.1) is 0 Å². The number of hydrogen-bond acceptors (Lipinski definition) is 2.